The molecule has 0 radical (unpaired) electrons. The maximum atomic E-state index is 12.4. The summed E-state index contributed by atoms with van der Waals surface area (Å²) in [6.07, 6.45) is 0. The van der Waals surface area contributed by atoms with Crippen molar-refractivity contribution in [3.63, 3.8) is 0 Å². The van der Waals surface area contributed by atoms with Crippen LogP contribution in [0.1, 0.15) is 11.1 Å². The maximum absolute atomic E-state index is 12.4. The first-order chi connectivity index (χ1) is 11.6. The first-order valence-corrected chi connectivity index (χ1v) is 9.07. The van der Waals surface area contributed by atoms with E-state index in [1.807, 2.05) is 4.90 Å². The Morgan fingerprint density at radius 1 is 0.958 bits per heavy atom. The van der Waals surface area contributed by atoms with Gasteiger partial charge in [0.1, 0.15) is 0 Å². The molecular weight excluding hydrogens is 300 g/mol. The highest BCUT2D eigenvalue weighted by atomic mass is 16.2. The Bertz CT molecular complexity index is 546. The summed E-state index contributed by atoms with van der Waals surface area (Å²) in [7, 11) is 2.12. The van der Waals surface area contributed by atoms with Gasteiger partial charge in [-0.1, -0.05) is 29.8 Å². The van der Waals surface area contributed by atoms with Gasteiger partial charge in [0.05, 0.1) is 6.54 Å². The van der Waals surface area contributed by atoms with Crippen LogP contribution in [-0.2, 0) is 11.3 Å². The summed E-state index contributed by atoms with van der Waals surface area (Å²) in [5.74, 6) is 0.301. The fraction of sp³-hybridized carbons (Fsp3) is 0.632. The molecule has 0 saturated carbocycles. The number of aryl methyl sites for hydroxylation is 1. The minimum atomic E-state index is 0.301. The second-order valence-corrected chi connectivity index (χ2v) is 7.23. The normalized spacial score (nSPS) is 21.2. The Morgan fingerprint density at radius 3 is 2.29 bits per heavy atom. The molecule has 1 aromatic carbocycles. The smallest absolute Gasteiger partial charge is 0.236 e. The SMILES string of the molecule is Cc1cccc(CN2CCN(CC(=O)N3CCN(C)CC3)CC2)c1. The van der Waals surface area contributed by atoms with E-state index in [0.29, 0.717) is 12.5 Å². The molecule has 2 fully saturated rings. The summed E-state index contributed by atoms with van der Waals surface area (Å²) in [4.78, 5) is 21.6. The highest BCUT2D eigenvalue weighted by molar-refractivity contribution is 5.78. The van der Waals surface area contributed by atoms with Crippen LogP contribution in [0.4, 0.5) is 0 Å². The largest absolute Gasteiger partial charge is 0.339 e. The van der Waals surface area contributed by atoms with Crippen LogP contribution >= 0.6 is 0 Å². The predicted octanol–water partition coefficient (Wildman–Crippen LogP) is 0.887. The summed E-state index contributed by atoms with van der Waals surface area (Å²) in [5, 5.41) is 0. The Morgan fingerprint density at radius 2 is 1.62 bits per heavy atom. The Hall–Kier alpha value is -1.43. The first-order valence-electron chi connectivity index (χ1n) is 9.07. The maximum Gasteiger partial charge on any atom is 0.236 e. The second kappa shape index (κ2) is 8.10. The van der Waals surface area contributed by atoms with Crippen molar-refractivity contribution in [2.24, 2.45) is 0 Å². The molecule has 0 spiro atoms. The average molecular weight is 330 g/mol. The number of amides is 1. The van der Waals surface area contributed by atoms with E-state index < -0.39 is 0 Å². The van der Waals surface area contributed by atoms with Crippen LogP contribution in [0.25, 0.3) is 0 Å². The molecule has 2 aliphatic rings. The zero-order valence-electron chi connectivity index (χ0n) is 15.1. The number of carbonyl (C=O) groups is 1. The Balaban J connectivity index is 1.41. The molecular formula is C19H30N4O. The number of likely N-dealkylation sites (N-methyl/N-ethyl adjacent to an activating group) is 1. The lowest BCUT2D eigenvalue weighted by Crippen LogP contribution is -2.53. The lowest BCUT2D eigenvalue weighted by atomic mass is 10.1. The van der Waals surface area contributed by atoms with Gasteiger partial charge in [-0.15, -0.1) is 0 Å². The quantitative estimate of drug-likeness (QED) is 0.820. The van der Waals surface area contributed by atoms with Gasteiger partial charge in [-0.3, -0.25) is 14.6 Å². The van der Waals surface area contributed by atoms with E-state index in [9.17, 15) is 4.79 Å². The number of hydrogen-bond acceptors (Lipinski definition) is 4. The van der Waals surface area contributed by atoms with Crippen LogP contribution in [0, 0.1) is 6.92 Å². The number of hydrogen-bond donors (Lipinski definition) is 0. The van der Waals surface area contributed by atoms with E-state index in [2.05, 4.69) is 52.9 Å². The van der Waals surface area contributed by atoms with E-state index >= 15 is 0 Å². The van der Waals surface area contributed by atoms with Crippen LogP contribution in [0.3, 0.4) is 0 Å². The van der Waals surface area contributed by atoms with Gasteiger partial charge in [0.15, 0.2) is 0 Å². The molecule has 0 unspecified atom stereocenters. The summed E-state index contributed by atoms with van der Waals surface area (Å²) in [5.41, 5.74) is 2.71. The van der Waals surface area contributed by atoms with Crippen LogP contribution in [0.5, 0.6) is 0 Å². The van der Waals surface area contributed by atoms with Crippen LogP contribution in [-0.4, -0.2) is 91.5 Å². The third-order valence-corrected chi connectivity index (χ3v) is 5.17. The fourth-order valence-electron chi connectivity index (χ4n) is 3.52. The van der Waals surface area contributed by atoms with Crippen LogP contribution < -0.4 is 0 Å². The van der Waals surface area contributed by atoms with Crippen molar-refractivity contribution in [1.29, 1.82) is 0 Å². The van der Waals surface area contributed by atoms with Crippen molar-refractivity contribution in [3.8, 4) is 0 Å². The van der Waals surface area contributed by atoms with Crippen molar-refractivity contribution in [3.05, 3.63) is 35.4 Å². The number of rotatable bonds is 4. The average Bonchev–Trinajstić information content (AvgIpc) is 2.57. The van der Waals surface area contributed by atoms with Gasteiger partial charge in [-0.25, -0.2) is 0 Å². The summed E-state index contributed by atoms with van der Waals surface area (Å²) >= 11 is 0. The van der Waals surface area contributed by atoms with Crippen molar-refractivity contribution in [2.45, 2.75) is 13.5 Å². The summed E-state index contributed by atoms with van der Waals surface area (Å²) in [6, 6.07) is 8.75. The molecule has 24 heavy (non-hydrogen) atoms. The molecule has 0 aliphatic carbocycles. The van der Waals surface area contributed by atoms with Gasteiger partial charge in [-0.2, -0.15) is 0 Å². The molecule has 5 nitrogen and oxygen atoms in total. The van der Waals surface area contributed by atoms with Gasteiger partial charge in [0.2, 0.25) is 5.91 Å². The molecule has 5 heteroatoms. The number of piperazine rings is 2. The van der Waals surface area contributed by atoms with Gasteiger partial charge in [0, 0.05) is 58.9 Å². The van der Waals surface area contributed by atoms with Gasteiger partial charge in [0.25, 0.3) is 0 Å². The number of nitrogens with zero attached hydrogens (tertiary/aromatic N) is 4. The molecule has 2 saturated heterocycles. The molecule has 0 aromatic heterocycles. The molecule has 3 rings (SSSR count). The first kappa shape index (κ1) is 17.4. The van der Waals surface area contributed by atoms with E-state index in [-0.39, 0.29) is 0 Å². The zero-order chi connectivity index (χ0) is 16.9. The molecule has 132 valence electrons. The molecule has 0 atom stereocenters. The highest BCUT2D eigenvalue weighted by Gasteiger charge is 2.23. The van der Waals surface area contributed by atoms with E-state index in [4.69, 9.17) is 0 Å². The molecule has 0 bridgehead atoms. The minimum absolute atomic E-state index is 0.301. The lowest BCUT2D eigenvalue weighted by molar-refractivity contribution is -0.134. The van der Waals surface area contributed by atoms with E-state index in [1.54, 1.807) is 0 Å². The number of carbonyl (C=O) groups excluding carboxylic acids is 1. The van der Waals surface area contributed by atoms with E-state index in [0.717, 1.165) is 58.9 Å². The number of benzene rings is 1. The Kier molecular flexibility index (Phi) is 5.87. The summed E-state index contributed by atoms with van der Waals surface area (Å²) < 4.78 is 0. The molecule has 1 aromatic rings. The van der Waals surface area contributed by atoms with Gasteiger partial charge < -0.3 is 9.80 Å². The van der Waals surface area contributed by atoms with Crippen LogP contribution in [0.2, 0.25) is 0 Å². The van der Waals surface area contributed by atoms with Crippen LogP contribution in [0.15, 0.2) is 24.3 Å². The predicted molar refractivity (Wildman–Crippen MR) is 97.0 cm³/mol. The third-order valence-electron chi connectivity index (χ3n) is 5.17. The zero-order valence-corrected chi connectivity index (χ0v) is 15.1. The molecule has 2 aliphatic heterocycles. The standard InChI is InChI=1S/C19H30N4O/c1-17-4-3-5-18(14-17)15-21-8-10-22(11-9-21)16-19(24)23-12-6-20(2)7-13-23/h3-5,14H,6-13,15-16H2,1-2H3. The van der Waals surface area contributed by atoms with Crippen molar-refractivity contribution < 1.29 is 4.79 Å². The van der Waals surface area contributed by atoms with E-state index in [1.165, 1.54) is 11.1 Å². The topological polar surface area (TPSA) is 30.0 Å². The molecule has 1 amide bonds. The monoisotopic (exact) mass is 330 g/mol. The van der Waals surface area contributed by atoms with Crippen molar-refractivity contribution in [1.82, 2.24) is 19.6 Å². The van der Waals surface area contributed by atoms with Crippen molar-refractivity contribution >= 4 is 5.91 Å². The molecule has 2 heterocycles. The lowest BCUT2D eigenvalue weighted by Gasteiger charge is -2.37. The fourth-order valence-corrected chi connectivity index (χ4v) is 3.52. The molecule has 0 N–H and O–H groups in total. The Labute approximate surface area is 145 Å². The third kappa shape index (κ3) is 4.79. The minimum Gasteiger partial charge on any atom is -0.339 e. The summed E-state index contributed by atoms with van der Waals surface area (Å²) in [6.45, 7) is 11.6. The van der Waals surface area contributed by atoms with Gasteiger partial charge in [-0.05, 0) is 19.5 Å². The van der Waals surface area contributed by atoms with Gasteiger partial charge >= 0.3 is 0 Å². The second-order valence-electron chi connectivity index (χ2n) is 7.23. The van der Waals surface area contributed by atoms with Crippen molar-refractivity contribution in [2.75, 3.05) is 66.0 Å². The highest BCUT2D eigenvalue weighted by Crippen LogP contribution is 2.11.